The highest BCUT2D eigenvalue weighted by molar-refractivity contribution is 7.67. The van der Waals surface area contributed by atoms with Gasteiger partial charge in [0.2, 0.25) is 0 Å². The summed E-state index contributed by atoms with van der Waals surface area (Å²) in [5.74, 6) is -0.0764. The molecule has 1 aliphatic rings. The minimum absolute atomic E-state index is 0.0764. The van der Waals surface area contributed by atoms with Crippen LogP contribution in [0.25, 0.3) is 0 Å². The van der Waals surface area contributed by atoms with Crippen LogP contribution < -0.4 is 5.30 Å². The zero-order valence-corrected chi connectivity index (χ0v) is 10.9. The van der Waals surface area contributed by atoms with E-state index < -0.39 is 0 Å². The number of hydrogen-bond donors (Lipinski definition) is 0. The second-order valence-electron chi connectivity index (χ2n) is 3.99. The maximum Gasteiger partial charge on any atom is 0.306 e. The standard InChI is InChI=1S/C14H17O2P/c1-2-16-14(15)11-13-9-6-10-17(13)12-7-4-3-5-8-12/h3-9,13H,2,10-11H2,1H3/t13-,17+/m0/s1. The SMILES string of the molecule is CCOC(=O)C[C@@H]1C=CC[P@]1c1ccccc1. The van der Waals surface area contributed by atoms with Gasteiger partial charge in [-0.1, -0.05) is 50.4 Å². The van der Waals surface area contributed by atoms with Crippen LogP contribution in [0.2, 0.25) is 0 Å². The van der Waals surface area contributed by atoms with Crippen molar-refractivity contribution in [3.63, 3.8) is 0 Å². The minimum atomic E-state index is -0.259. The Labute approximate surface area is 103 Å². The monoisotopic (exact) mass is 248 g/mol. The van der Waals surface area contributed by atoms with Gasteiger partial charge in [-0.05, 0) is 18.4 Å². The lowest BCUT2D eigenvalue weighted by atomic mass is 10.3. The van der Waals surface area contributed by atoms with Crippen LogP contribution >= 0.6 is 7.92 Å². The fourth-order valence-corrected chi connectivity index (χ4v) is 4.52. The van der Waals surface area contributed by atoms with E-state index in [-0.39, 0.29) is 13.9 Å². The third kappa shape index (κ3) is 3.17. The Morgan fingerprint density at radius 3 is 2.88 bits per heavy atom. The van der Waals surface area contributed by atoms with Crippen LogP contribution in [-0.2, 0) is 9.53 Å². The van der Waals surface area contributed by atoms with Crippen LogP contribution in [0.4, 0.5) is 0 Å². The molecular weight excluding hydrogens is 231 g/mol. The van der Waals surface area contributed by atoms with Crippen molar-refractivity contribution in [1.82, 2.24) is 0 Å². The van der Waals surface area contributed by atoms with Crippen molar-refractivity contribution in [3.05, 3.63) is 42.5 Å². The molecule has 0 N–H and O–H groups in total. The average Bonchev–Trinajstić information content (AvgIpc) is 2.78. The van der Waals surface area contributed by atoms with Crippen molar-refractivity contribution in [2.75, 3.05) is 12.8 Å². The fourth-order valence-electron chi connectivity index (χ4n) is 2.06. The lowest BCUT2D eigenvalue weighted by Crippen LogP contribution is -2.16. The Hall–Kier alpha value is -1.14. The predicted octanol–water partition coefficient (Wildman–Crippen LogP) is 2.69. The Kier molecular flexibility index (Phi) is 4.33. The van der Waals surface area contributed by atoms with E-state index in [1.165, 1.54) is 5.30 Å². The molecule has 0 saturated heterocycles. The molecule has 1 aromatic rings. The number of carbonyl (C=O) groups excluding carboxylic acids is 1. The summed E-state index contributed by atoms with van der Waals surface area (Å²) in [5, 5.41) is 1.38. The van der Waals surface area contributed by atoms with Crippen molar-refractivity contribution < 1.29 is 9.53 Å². The summed E-state index contributed by atoms with van der Waals surface area (Å²) in [5.41, 5.74) is 0.353. The van der Waals surface area contributed by atoms with E-state index in [9.17, 15) is 4.79 Å². The fraction of sp³-hybridized carbons (Fsp3) is 0.357. The summed E-state index contributed by atoms with van der Waals surface area (Å²) in [6.45, 7) is 2.32. The lowest BCUT2D eigenvalue weighted by molar-refractivity contribution is -0.142. The van der Waals surface area contributed by atoms with Gasteiger partial charge < -0.3 is 4.74 Å². The van der Waals surface area contributed by atoms with Crippen LogP contribution in [0.5, 0.6) is 0 Å². The number of carbonyl (C=O) groups is 1. The normalized spacial score (nSPS) is 22.6. The zero-order valence-electron chi connectivity index (χ0n) is 10.0. The van der Waals surface area contributed by atoms with E-state index in [4.69, 9.17) is 4.74 Å². The molecular formula is C14H17O2P. The predicted molar refractivity (Wildman–Crippen MR) is 72.0 cm³/mol. The van der Waals surface area contributed by atoms with E-state index in [0.29, 0.717) is 18.7 Å². The van der Waals surface area contributed by atoms with Gasteiger partial charge in [-0.25, -0.2) is 0 Å². The second kappa shape index (κ2) is 5.97. The van der Waals surface area contributed by atoms with Gasteiger partial charge in [0.1, 0.15) is 0 Å². The zero-order chi connectivity index (χ0) is 12.1. The van der Waals surface area contributed by atoms with Crippen LogP contribution in [0.15, 0.2) is 42.5 Å². The maximum absolute atomic E-state index is 11.5. The van der Waals surface area contributed by atoms with E-state index in [1.807, 2.05) is 13.0 Å². The summed E-state index contributed by atoms with van der Waals surface area (Å²) in [6.07, 6.45) is 5.98. The number of hydrogen-bond acceptors (Lipinski definition) is 2. The molecule has 0 fully saturated rings. The largest absolute Gasteiger partial charge is 0.466 e. The molecule has 1 heterocycles. The first kappa shape index (κ1) is 12.3. The van der Waals surface area contributed by atoms with Gasteiger partial charge >= 0.3 is 5.97 Å². The molecule has 90 valence electrons. The highest BCUT2D eigenvalue weighted by Crippen LogP contribution is 2.46. The molecule has 0 bridgehead atoms. The first-order chi connectivity index (χ1) is 8.31. The van der Waals surface area contributed by atoms with Crippen molar-refractivity contribution in [3.8, 4) is 0 Å². The molecule has 2 atom stereocenters. The Bertz CT molecular complexity index is 400. The molecule has 2 rings (SSSR count). The highest BCUT2D eigenvalue weighted by atomic mass is 31.1. The molecule has 17 heavy (non-hydrogen) atoms. The first-order valence-corrected chi connectivity index (χ1v) is 7.55. The minimum Gasteiger partial charge on any atom is -0.466 e. The third-order valence-corrected chi connectivity index (χ3v) is 5.55. The summed E-state index contributed by atoms with van der Waals surface area (Å²) in [4.78, 5) is 11.5. The first-order valence-electron chi connectivity index (χ1n) is 5.95. The molecule has 3 heteroatoms. The molecule has 2 nitrogen and oxygen atoms in total. The number of allylic oxidation sites excluding steroid dienone is 2. The molecule has 1 aliphatic heterocycles. The smallest absolute Gasteiger partial charge is 0.306 e. The summed E-state index contributed by atoms with van der Waals surface area (Å²) in [6, 6.07) is 10.5. The van der Waals surface area contributed by atoms with Gasteiger partial charge in [0.25, 0.3) is 0 Å². The summed E-state index contributed by atoms with van der Waals surface area (Å²) in [7, 11) is -0.259. The summed E-state index contributed by atoms with van der Waals surface area (Å²) >= 11 is 0. The van der Waals surface area contributed by atoms with E-state index >= 15 is 0 Å². The lowest BCUT2D eigenvalue weighted by Gasteiger charge is -2.19. The van der Waals surface area contributed by atoms with Crippen LogP contribution in [0.1, 0.15) is 13.3 Å². The van der Waals surface area contributed by atoms with Crippen LogP contribution in [-0.4, -0.2) is 24.4 Å². The van der Waals surface area contributed by atoms with Crippen molar-refractivity contribution >= 4 is 19.2 Å². The average molecular weight is 248 g/mol. The number of ether oxygens (including phenoxy) is 1. The molecule has 0 radical (unpaired) electrons. The molecule has 1 aromatic carbocycles. The second-order valence-corrected chi connectivity index (χ2v) is 6.48. The van der Waals surface area contributed by atoms with Gasteiger partial charge in [-0.3, -0.25) is 4.79 Å². The molecule has 0 unspecified atom stereocenters. The van der Waals surface area contributed by atoms with Crippen LogP contribution in [0.3, 0.4) is 0 Å². The van der Waals surface area contributed by atoms with Crippen molar-refractivity contribution in [2.24, 2.45) is 0 Å². The molecule has 0 aliphatic carbocycles. The number of rotatable bonds is 4. The highest BCUT2D eigenvalue weighted by Gasteiger charge is 2.26. The van der Waals surface area contributed by atoms with E-state index in [0.717, 1.165) is 6.16 Å². The topological polar surface area (TPSA) is 26.3 Å². The quantitative estimate of drug-likeness (QED) is 0.465. The van der Waals surface area contributed by atoms with Gasteiger partial charge in [0, 0.05) is 5.66 Å². The third-order valence-electron chi connectivity index (χ3n) is 2.83. The van der Waals surface area contributed by atoms with Gasteiger partial charge in [-0.15, -0.1) is 0 Å². The van der Waals surface area contributed by atoms with Crippen LogP contribution in [0, 0.1) is 0 Å². The number of benzene rings is 1. The summed E-state index contributed by atoms with van der Waals surface area (Å²) < 4.78 is 5.03. The number of esters is 1. The van der Waals surface area contributed by atoms with E-state index in [2.05, 4.69) is 36.4 Å². The Morgan fingerprint density at radius 2 is 2.18 bits per heavy atom. The van der Waals surface area contributed by atoms with Crippen molar-refractivity contribution in [2.45, 2.75) is 19.0 Å². The van der Waals surface area contributed by atoms with Gasteiger partial charge in [0.15, 0.2) is 0 Å². The molecule has 0 spiro atoms. The molecule has 0 saturated carbocycles. The molecule has 0 aromatic heterocycles. The Balaban J connectivity index is 2.02. The molecule has 0 amide bonds. The maximum atomic E-state index is 11.5. The van der Waals surface area contributed by atoms with E-state index in [1.54, 1.807) is 0 Å². The van der Waals surface area contributed by atoms with Gasteiger partial charge in [-0.2, -0.15) is 0 Å². The van der Waals surface area contributed by atoms with Crippen molar-refractivity contribution in [1.29, 1.82) is 0 Å². The van der Waals surface area contributed by atoms with Gasteiger partial charge in [0.05, 0.1) is 13.0 Å². The Morgan fingerprint density at radius 1 is 1.41 bits per heavy atom.